The maximum atomic E-state index is 13.6. The van der Waals surface area contributed by atoms with Crippen molar-refractivity contribution < 1.29 is 14.6 Å². The van der Waals surface area contributed by atoms with Gasteiger partial charge in [0.15, 0.2) is 29.6 Å². The highest BCUT2D eigenvalue weighted by Crippen LogP contribution is 2.36. The predicted molar refractivity (Wildman–Crippen MR) is 158 cm³/mol. The first-order chi connectivity index (χ1) is 20.2. The molecule has 1 aromatic carbocycles. The number of carbonyl (C=O) groups is 1. The van der Waals surface area contributed by atoms with Crippen molar-refractivity contribution in [3.05, 3.63) is 70.2 Å². The van der Waals surface area contributed by atoms with E-state index in [1.165, 1.54) is 26.9 Å². The Morgan fingerprint density at radius 3 is 2.83 bits per heavy atom. The third kappa shape index (κ3) is 4.25. The Morgan fingerprint density at radius 2 is 1.98 bits per heavy atom. The predicted octanol–water partition coefficient (Wildman–Crippen LogP) is 2.49. The average Bonchev–Trinajstić information content (AvgIpc) is 3.24. The molecule has 0 fully saturated rings. The molecular weight excluding hydrogens is 536 g/mol. The Balaban J connectivity index is 1.35. The van der Waals surface area contributed by atoms with Crippen LogP contribution < -0.4 is 20.5 Å². The van der Waals surface area contributed by atoms with Crippen LogP contribution in [0.3, 0.4) is 0 Å². The number of aromatic nitrogens is 5. The summed E-state index contributed by atoms with van der Waals surface area (Å²) in [6.45, 7) is 5.63. The van der Waals surface area contributed by atoms with Crippen molar-refractivity contribution in [3.8, 4) is 11.6 Å². The van der Waals surface area contributed by atoms with Crippen LogP contribution in [-0.2, 0) is 23.3 Å². The second kappa shape index (κ2) is 9.78. The zero-order valence-corrected chi connectivity index (χ0v) is 23.7. The molecule has 1 amide bonds. The molecular formula is C30H32N8O4. The zero-order valence-electron chi connectivity index (χ0n) is 23.7. The van der Waals surface area contributed by atoms with E-state index in [2.05, 4.69) is 48.2 Å². The lowest BCUT2D eigenvalue weighted by molar-refractivity contribution is -0.121. The van der Waals surface area contributed by atoms with Gasteiger partial charge in [-0.15, -0.1) is 0 Å². The second-order valence-corrected chi connectivity index (χ2v) is 11.5. The molecule has 6 heterocycles. The van der Waals surface area contributed by atoms with Gasteiger partial charge in [0.1, 0.15) is 5.39 Å². The molecule has 0 radical (unpaired) electrons. The molecule has 2 N–H and O–H groups in total. The van der Waals surface area contributed by atoms with Gasteiger partial charge in [-0.1, -0.05) is 18.2 Å². The van der Waals surface area contributed by atoms with E-state index in [4.69, 9.17) is 14.7 Å². The molecule has 4 aromatic rings. The number of nitrogens with one attached hydrogen (secondary N) is 1. The van der Waals surface area contributed by atoms with E-state index in [1.54, 1.807) is 16.8 Å². The van der Waals surface area contributed by atoms with Crippen LogP contribution in [-0.4, -0.2) is 73.1 Å². The molecule has 1 atom stereocenters. The molecule has 12 nitrogen and oxygen atoms in total. The van der Waals surface area contributed by atoms with Crippen molar-refractivity contribution in [2.45, 2.75) is 44.9 Å². The minimum absolute atomic E-state index is 0.0822. The smallest absolute Gasteiger partial charge is 0.278 e. The van der Waals surface area contributed by atoms with Crippen LogP contribution in [0.25, 0.3) is 16.9 Å². The highest BCUT2D eigenvalue weighted by atomic mass is 16.5. The topological polar surface area (TPSA) is 131 Å². The summed E-state index contributed by atoms with van der Waals surface area (Å²) >= 11 is 0. The number of pyridine rings is 1. The van der Waals surface area contributed by atoms with Crippen LogP contribution in [0.2, 0.25) is 0 Å². The SMILES string of the molecule is CN1CCc2ccc(Nc3ncc4c(=O)n5n(c4n3)-c3ccc4c(n3)N(CC(O)CC=CC5)C(=O)CO4)cc2C1(C)C. The van der Waals surface area contributed by atoms with Gasteiger partial charge in [-0.2, -0.15) is 4.98 Å². The van der Waals surface area contributed by atoms with Gasteiger partial charge in [-0.05, 0) is 69.1 Å². The molecule has 0 saturated carbocycles. The third-order valence-electron chi connectivity index (χ3n) is 8.57. The van der Waals surface area contributed by atoms with E-state index in [1.807, 2.05) is 18.2 Å². The molecule has 3 aromatic heterocycles. The first-order valence-electron chi connectivity index (χ1n) is 14.1. The maximum absolute atomic E-state index is 13.6. The van der Waals surface area contributed by atoms with Crippen molar-refractivity contribution >= 4 is 34.4 Å². The summed E-state index contributed by atoms with van der Waals surface area (Å²) in [4.78, 5) is 44.1. The largest absolute Gasteiger partial charge is 0.480 e. The van der Waals surface area contributed by atoms with Crippen LogP contribution in [0.15, 0.2) is 53.5 Å². The minimum atomic E-state index is -0.794. The number of amides is 1. The van der Waals surface area contributed by atoms with E-state index < -0.39 is 6.10 Å². The molecule has 0 aliphatic carbocycles. The number of rotatable bonds is 2. The number of benzene rings is 1. The summed E-state index contributed by atoms with van der Waals surface area (Å²) in [5.74, 6) is 1.16. The Morgan fingerprint density at radius 1 is 1.12 bits per heavy atom. The number of hydrogen-bond donors (Lipinski definition) is 2. The number of hydrogen-bond acceptors (Lipinski definition) is 9. The Bertz CT molecular complexity index is 1820. The summed E-state index contributed by atoms with van der Waals surface area (Å²) in [5.41, 5.74) is 3.42. The molecule has 2 bridgehead atoms. The van der Waals surface area contributed by atoms with E-state index in [9.17, 15) is 14.7 Å². The lowest BCUT2D eigenvalue weighted by atomic mass is 9.83. The number of ether oxygens (including phenoxy) is 1. The van der Waals surface area contributed by atoms with Gasteiger partial charge in [-0.3, -0.25) is 19.4 Å². The molecule has 216 valence electrons. The summed E-state index contributed by atoms with van der Waals surface area (Å²) in [6, 6.07) is 9.77. The zero-order chi connectivity index (χ0) is 29.2. The van der Waals surface area contributed by atoms with Crippen LogP contribution in [0.4, 0.5) is 17.5 Å². The Kier molecular flexibility index (Phi) is 6.13. The average molecular weight is 569 g/mol. The molecule has 42 heavy (non-hydrogen) atoms. The molecule has 1 unspecified atom stereocenters. The number of anilines is 3. The number of carbonyl (C=O) groups excluding carboxylic acids is 1. The van der Waals surface area contributed by atoms with Crippen molar-refractivity contribution in [3.63, 3.8) is 0 Å². The van der Waals surface area contributed by atoms with E-state index in [-0.39, 0.29) is 36.7 Å². The van der Waals surface area contributed by atoms with E-state index in [0.717, 1.165) is 18.7 Å². The van der Waals surface area contributed by atoms with Crippen LogP contribution in [0, 0.1) is 0 Å². The summed E-state index contributed by atoms with van der Waals surface area (Å²) in [7, 11) is 2.14. The summed E-state index contributed by atoms with van der Waals surface area (Å²) in [5, 5.41) is 14.2. The van der Waals surface area contributed by atoms with Crippen molar-refractivity contribution in [2.24, 2.45) is 0 Å². The number of fused-ring (bicyclic) bond motifs is 6. The Hall–Kier alpha value is -4.55. The van der Waals surface area contributed by atoms with Gasteiger partial charge in [0, 0.05) is 24.0 Å². The molecule has 7 rings (SSSR count). The fourth-order valence-electron chi connectivity index (χ4n) is 5.92. The third-order valence-corrected chi connectivity index (χ3v) is 8.57. The quantitative estimate of drug-likeness (QED) is 0.350. The fraction of sp³-hybridized carbons (Fsp3) is 0.367. The number of likely N-dealkylation sites (N-methyl/N-ethyl adjacent to an activating group) is 1. The van der Waals surface area contributed by atoms with Gasteiger partial charge < -0.3 is 15.2 Å². The molecule has 3 aliphatic rings. The Labute approximate surface area is 241 Å². The number of aliphatic hydroxyl groups excluding tert-OH is 1. The van der Waals surface area contributed by atoms with E-state index >= 15 is 0 Å². The van der Waals surface area contributed by atoms with Crippen molar-refractivity contribution in [1.29, 1.82) is 0 Å². The van der Waals surface area contributed by atoms with Gasteiger partial charge in [0.05, 0.1) is 19.2 Å². The summed E-state index contributed by atoms with van der Waals surface area (Å²) < 4.78 is 8.79. The molecule has 12 heteroatoms. The van der Waals surface area contributed by atoms with Gasteiger partial charge in [0.2, 0.25) is 5.95 Å². The van der Waals surface area contributed by atoms with Gasteiger partial charge in [0.25, 0.3) is 11.5 Å². The van der Waals surface area contributed by atoms with Crippen LogP contribution in [0.1, 0.15) is 31.4 Å². The summed E-state index contributed by atoms with van der Waals surface area (Å²) in [6.07, 6.45) is 5.67. The first kappa shape index (κ1) is 26.4. The highest BCUT2D eigenvalue weighted by Gasteiger charge is 2.33. The standard InChI is InChI=1S/C30H32N8O4/c1-30(2)22-14-19(8-7-18(22)11-13-35(30)3)32-29-31-15-21-26(34-29)38-24-10-9-23-27(33-24)36(25(40)17-42-23)16-20(39)6-4-5-12-37(38)28(21)41/h4-5,7-10,14-15,20,39H,6,11-13,16-17H2,1-3H3,(H,31,32,34). The van der Waals surface area contributed by atoms with Gasteiger partial charge in [-0.25, -0.2) is 19.3 Å². The van der Waals surface area contributed by atoms with Gasteiger partial charge >= 0.3 is 0 Å². The minimum Gasteiger partial charge on any atom is -0.480 e. The van der Waals surface area contributed by atoms with Crippen molar-refractivity contribution in [2.75, 3.05) is 37.0 Å². The number of allylic oxidation sites excluding steroid dienone is 1. The molecule has 3 aliphatic heterocycles. The first-order valence-corrected chi connectivity index (χ1v) is 14.1. The number of aliphatic hydroxyl groups is 1. The second-order valence-electron chi connectivity index (χ2n) is 11.5. The monoisotopic (exact) mass is 568 g/mol. The van der Waals surface area contributed by atoms with Crippen molar-refractivity contribution in [1.82, 2.24) is 29.2 Å². The lowest BCUT2D eigenvalue weighted by Gasteiger charge is -2.41. The van der Waals surface area contributed by atoms with E-state index in [0.29, 0.717) is 40.8 Å². The lowest BCUT2D eigenvalue weighted by Crippen LogP contribution is -2.44. The van der Waals surface area contributed by atoms with Crippen LogP contribution >= 0.6 is 0 Å². The normalized spacial score (nSPS) is 19.9. The fourth-order valence-corrected chi connectivity index (χ4v) is 5.92. The van der Waals surface area contributed by atoms with Crippen LogP contribution in [0.5, 0.6) is 5.75 Å². The molecule has 0 saturated heterocycles. The highest BCUT2D eigenvalue weighted by molar-refractivity contribution is 5.97. The molecule has 0 spiro atoms. The maximum Gasteiger partial charge on any atom is 0.278 e. The number of nitrogens with zero attached hydrogens (tertiary/aromatic N) is 7.